The maximum atomic E-state index is 12.7. The van der Waals surface area contributed by atoms with Crippen LogP contribution in [-0.2, 0) is 11.0 Å². The van der Waals surface area contributed by atoms with Crippen LogP contribution in [-0.4, -0.2) is 30.8 Å². The molecule has 0 radical (unpaired) electrons. The second-order valence-electron chi connectivity index (χ2n) is 5.80. The van der Waals surface area contributed by atoms with Crippen molar-refractivity contribution >= 4 is 28.9 Å². The first-order valence-electron chi connectivity index (χ1n) is 8.37. The van der Waals surface area contributed by atoms with Gasteiger partial charge in [-0.15, -0.1) is 0 Å². The molecule has 0 saturated heterocycles. The summed E-state index contributed by atoms with van der Waals surface area (Å²) in [5.41, 5.74) is 4.51. The molecule has 29 heavy (non-hydrogen) atoms. The molecule has 1 amide bonds. The Kier molecular flexibility index (Phi) is 6.27. The molecule has 0 unspecified atom stereocenters. The van der Waals surface area contributed by atoms with Crippen molar-refractivity contribution in [1.29, 1.82) is 0 Å². The summed E-state index contributed by atoms with van der Waals surface area (Å²) in [6.45, 7) is 0.427. The molecule has 3 N–H and O–H groups in total. The van der Waals surface area contributed by atoms with Crippen LogP contribution < -0.4 is 30.4 Å². The summed E-state index contributed by atoms with van der Waals surface area (Å²) < 4.78 is 54.0. The van der Waals surface area contributed by atoms with E-state index in [-0.39, 0.29) is 10.9 Å². The van der Waals surface area contributed by atoms with E-state index in [1.54, 1.807) is 18.2 Å². The fourth-order valence-corrected chi connectivity index (χ4v) is 2.53. The highest BCUT2D eigenvalue weighted by atomic mass is 32.1. The quantitative estimate of drug-likeness (QED) is 0.511. The highest BCUT2D eigenvalue weighted by molar-refractivity contribution is 7.80. The van der Waals surface area contributed by atoms with E-state index in [4.69, 9.17) is 26.4 Å². The SMILES string of the molecule is O=C(COc1cccc(C(F)(F)F)c1)NNC(=S)Nc1ccc2c(c1)OCCO2. The number of hydrogen-bond donors (Lipinski definition) is 3. The monoisotopic (exact) mass is 427 g/mol. The van der Waals surface area contributed by atoms with Crippen LogP contribution in [0.5, 0.6) is 17.2 Å². The summed E-state index contributed by atoms with van der Waals surface area (Å²) in [5, 5.41) is 2.94. The van der Waals surface area contributed by atoms with Crippen molar-refractivity contribution in [2.24, 2.45) is 0 Å². The second-order valence-corrected chi connectivity index (χ2v) is 6.21. The third-order valence-corrected chi connectivity index (χ3v) is 3.85. The van der Waals surface area contributed by atoms with Gasteiger partial charge in [-0.1, -0.05) is 6.07 Å². The standard InChI is InChI=1S/C18H16F3N3O4S/c19-18(20,21)11-2-1-3-13(8-11)28-10-16(25)23-24-17(29)22-12-4-5-14-15(9-12)27-7-6-26-14/h1-5,8-9H,6-7,10H2,(H,23,25)(H2,22,24,29). The highest BCUT2D eigenvalue weighted by Gasteiger charge is 2.30. The van der Waals surface area contributed by atoms with E-state index in [0.29, 0.717) is 30.4 Å². The van der Waals surface area contributed by atoms with Crippen LogP contribution in [0.3, 0.4) is 0 Å². The van der Waals surface area contributed by atoms with Gasteiger partial charge in [0.15, 0.2) is 23.2 Å². The second kappa shape index (κ2) is 8.86. The average molecular weight is 427 g/mol. The van der Waals surface area contributed by atoms with Crippen LogP contribution >= 0.6 is 12.2 Å². The number of rotatable bonds is 4. The molecule has 0 fully saturated rings. The molecule has 1 aliphatic rings. The van der Waals surface area contributed by atoms with E-state index in [2.05, 4.69) is 16.2 Å². The van der Waals surface area contributed by atoms with Gasteiger partial charge in [0.2, 0.25) is 0 Å². The zero-order chi connectivity index (χ0) is 20.9. The first kappa shape index (κ1) is 20.5. The smallest absolute Gasteiger partial charge is 0.416 e. The Labute approximate surface area is 169 Å². The molecule has 11 heteroatoms. The lowest BCUT2D eigenvalue weighted by Crippen LogP contribution is -2.45. The largest absolute Gasteiger partial charge is 0.486 e. The first-order valence-corrected chi connectivity index (χ1v) is 8.77. The van der Waals surface area contributed by atoms with Crippen molar-refractivity contribution in [3.8, 4) is 17.2 Å². The third-order valence-electron chi connectivity index (χ3n) is 3.65. The van der Waals surface area contributed by atoms with Gasteiger partial charge in [0.05, 0.1) is 5.56 Å². The third kappa shape index (κ3) is 5.88. The Hall–Kier alpha value is -3.21. The van der Waals surface area contributed by atoms with Gasteiger partial charge in [0.1, 0.15) is 19.0 Å². The molecule has 0 aromatic heterocycles. The van der Waals surface area contributed by atoms with Crippen molar-refractivity contribution in [2.75, 3.05) is 25.1 Å². The number of nitrogens with one attached hydrogen (secondary N) is 3. The summed E-state index contributed by atoms with van der Waals surface area (Å²) in [5.74, 6) is 0.490. The summed E-state index contributed by atoms with van der Waals surface area (Å²) in [4.78, 5) is 11.8. The summed E-state index contributed by atoms with van der Waals surface area (Å²) in [6.07, 6.45) is -4.49. The molecule has 154 valence electrons. The summed E-state index contributed by atoms with van der Waals surface area (Å²) >= 11 is 5.07. The van der Waals surface area contributed by atoms with Gasteiger partial charge in [0, 0.05) is 11.8 Å². The number of ether oxygens (including phenoxy) is 3. The molecule has 0 saturated carbocycles. The van der Waals surface area contributed by atoms with Crippen molar-refractivity contribution in [1.82, 2.24) is 10.9 Å². The van der Waals surface area contributed by atoms with E-state index >= 15 is 0 Å². The zero-order valence-electron chi connectivity index (χ0n) is 14.8. The average Bonchev–Trinajstić information content (AvgIpc) is 2.70. The lowest BCUT2D eigenvalue weighted by atomic mass is 10.2. The van der Waals surface area contributed by atoms with E-state index in [9.17, 15) is 18.0 Å². The molecule has 7 nitrogen and oxygen atoms in total. The van der Waals surface area contributed by atoms with Crippen LogP contribution in [0.15, 0.2) is 42.5 Å². The normalized spacial score (nSPS) is 12.7. The number of carbonyl (C=O) groups is 1. The first-order chi connectivity index (χ1) is 13.8. The van der Waals surface area contributed by atoms with Gasteiger partial charge >= 0.3 is 6.18 Å². The number of amides is 1. The molecule has 0 bridgehead atoms. The van der Waals surface area contributed by atoms with Crippen LogP contribution in [0.1, 0.15) is 5.56 Å². The Morgan fingerprint density at radius 1 is 1.07 bits per heavy atom. The van der Waals surface area contributed by atoms with Crippen LogP contribution in [0.4, 0.5) is 18.9 Å². The minimum atomic E-state index is -4.49. The van der Waals surface area contributed by atoms with Gasteiger partial charge in [-0.05, 0) is 42.5 Å². The molecule has 1 aliphatic heterocycles. The fourth-order valence-electron chi connectivity index (χ4n) is 2.36. The minimum absolute atomic E-state index is 0.0769. The summed E-state index contributed by atoms with van der Waals surface area (Å²) in [6, 6.07) is 9.39. The molecule has 2 aromatic rings. The zero-order valence-corrected chi connectivity index (χ0v) is 15.7. The van der Waals surface area contributed by atoms with Gasteiger partial charge in [-0.2, -0.15) is 13.2 Å². The number of hydrazine groups is 1. The molecular formula is C18H16F3N3O4S. The Bertz CT molecular complexity index is 908. The topological polar surface area (TPSA) is 80.9 Å². The number of benzene rings is 2. The number of anilines is 1. The fraction of sp³-hybridized carbons (Fsp3) is 0.222. The van der Waals surface area contributed by atoms with Crippen molar-refractivity contribution in [3.63, 3.8) is 0 Å². The Balaban J connectivity index is 1.44. The number of alkyl halides is 3. The Morgan fingerprint density at radius 3 is 2.59 bits per heavy atom. The highest BCUT2D eigenvalue weighted by Crippen LogP contribution is 2.32. The van der Waals surface area contributed by atoms with Crippen LogP contribution in [0.25, 0.3) is 0 Å². The number of carbonyl (C=O) groups excluding carboxylic acids is 1. The van der Waals surface area contributed by atoms with Gasteiger partial charge in [0.25, 0.3) is 5.91 Å². The number of fused-ring (bicyclic) bond motifs is 1. The van der Waals surface area contributed by atoms with Crippen LogP contribution in [0.2, 0.25) is 0 Å². The van der Waals surface area contributed by atoms with E-state index in [1.807, 2.05) is 0 Å². The predicted molar refractivity (Wildman–Crippen MR) is 102 cm³/mol. The number of halogens is 3. The van der Waals surface area contributed by atoms with Crippen LogP contribution in [0, 0.1) is 0 Å². The van der Waals surface area contributed by atoms with Gasteiger partial charge < -0.3 is 19.5 Å². The van der Waals surface area contributed by atoms with Crippen molar-refractivity contribution in [2.45, 2.75) is 6.18 Å². The number of hydrogen-bond acceptors (Lipinski definition) is 5. The maximum absolute atomic E-state index is 12.7. The van der Waals surface area contributed by atoms with Gasteiger partial charge in [-0.3, -0.25) is 15.6 Å². The molecule has 0 aliphatic carbocycles. The number of thiocarbonyl (C=S) groups is 1. The molecule has 0 atom stereocenters. The van der Waals surface area contributed by atoms with Gasteiger partial charge in [-0.25, -0.2) is 0 Å². The summed E-state index contributed by atoms with van der Waals surface area (Å²) in [7, 11) is 0. The Morgan fingerprint density at radius 2 is 1.83 bits per heavy atom. The van der Waals surface area contributed by atoms with Crippen molar-refractivity contribution < 1.29 is 32.2 Å². The molecule has 3 rings (SSSR count). The maximum Gasteiger partial charge on any atom is 0.416 e. The molecular weight excluding hydrogens is 411 g/mol. The molecule has 2 aromatic carbocycles. The lowest BCUT2D eigenvalue weighted by molar-refractivity contribution is -0.137. The minimum Gasteiger partial charge on any atom is -0.486 e. The lowest BCUT2D eigenvalue weighted by Gasteiger charge is -2.19. The van der Waals surface area contributed by atoms with E-state index in [1.165, 1.54) is 12.1 Å². The molecule has 1 heterocycles. The van der Waals surface area contributed by atoms with E-state index in [0.717, 1.165) is 12.1 Å². The molecule has 0 spiro atoms. The predicted octanol–water partition coefficient (Wildman–Crippen LogP) is 2.87. The van der Waals surface area contributed by atoms with E-state index < -0.39 is 24.3 Å². The van der Waals surface area contributed by atoms with Crippen molar-refractivity contribution in [3.05, 3.63) is 48.0 Å².